The van der Waals surface area contributed by atoms with Crippen molar-refractivity contribution in [2.24, 2.45) is 0 Å². The second-order valence-corrected chi connectivity index (χ2v) is 5.42. The summed E-state index contributed by atoms with van der Waals surface area (Å²) in [5.74, 6) is 0.548. The maximum atomic E-state index is 4.66. The van der Waals surface area contributed by atoms with Crippen LogP contribution in [0.2, 0.25) is 0 Å². The van der Waals surface area contributed by atoms with Gasteiger partial charge in [0.15, 0.2) is 0 Å². The first-order valence-corrected chi connectivity index (χ1v) is 7.96. The fraction of sp³-hybridized carbons (Fsp3) is 0.100. The van der Waals surface area contributed by atoms with Gasteiger partial charge in [-0.2, -0.15) is 0 Å². The van der Waals surface area contributed by atoms with E-state index in [0.29, 0.717) is 5.95 Å². The van der Waals surface area contributed by atoms with E-state index in [-0.39, 0.29) is 0 Å². The summed E-state index contributed by atoms with van der Waals surface area (Å²) in [5.41, 5.74) is 3.85. The van der Waals surface area contributed by atoms with Crippen LogP contribution in [0.15, 0.2) is 79.3 Å². The van der Waals surface area contributed by atoms with Crippen LogP contribution in [-0.2, 0) is 0 Å². The fourth-order valence-electron chi connectivity index (χ4n) is 2.31. The first-order chi connectivity index (χ1) is 12.2. The molecule has 3 rings (SSSR count). The highest BCUT2D eigenvalue weighted by molar-refractivity contribution is 5.66. The van der Waals surface area contributed by atoms with Crippen molar-refractivity contribution >= 4 is 5.95 Å². The quantitative estimate of drug-likeness (QED) is 0.659. The minimum Gasteiger partial charge on any atom is -0.314 e. The van der Waals surface area contributed by atoms with Gasteiger partial charge in [0.2, 0.25) is 5.95 Å². The monoisotopic (exact) mass is 329 g/mol. The number of likely N-dealkylation sites (N-methyl/N-ethyl adjacent to an activating group) is 1. The molecule has 124 valence electrons. The molecular weight excluding hydrogens is 310 g/mol. The lowest BCUT2D eigenvalue weighted by Crippen LogP contribution is -2.18. The van der Waals surface area contributed by atoms with Crippen molar-refractivity contribution in [3.8, 4) is 22.8 Å². The second kappa shape index (κ2) is 7.49. The molecule has 0 amide bonds. The number of aromatic nitrogens is 4. The Kier molecular flexibility index (Phi) is 4.95. The predicted octanol–water partition coefficient (Wildman–Crippen LogP) is 4.13. The highest BCUT2D eigenvalue weighted by atomic mass is 15.2. The average Bonchev–Trinajstić information content (AvgIpc) is 2.68. The Morgan fingerprint density at radius 2 is 1.48 bits per heavy atom. The van der Waals surface area contributed by atoms with E-state index in [1.165, 1.54) is 0 Å². The van der Waals surface area contributed by atoms with Gasteiger partial charge in [-0.3, -0.25) is 9.97 Å². The van der Waals surface area contributed by atoms with E-state index in [9.17, 15) is 0 Å². The highest BCUT2D eigenvalue weighted by Gasteiger charge is 2.13. The van der Waals surface area contributed by atoms with Crippen molar-refractivity contribution in [3.63, 3.8) is 0 Å². The van der Waals surface area contributed by atoms with E-state index >= 15 is 0 Å². The molecule has 0 bridgehead atoms. The number of allylic oxidation sites excluding steroid dienone is 2. The number of rotatable bonds is 5. The van der Waals surface area contributed by atoms with Crippen molar-refractivity contribution in [1.29, 1.82) is 0 Å². The van der Waals surface area contributed by atoms with Crippen LogP contribution in [0.1, 0.15) is 6.92 Å². The molecule has 0 saturated heterocycles. The molecule has 0 aliphatic carbocycles. The lowest BCUT2D eigenvalue weighted by Gasteiger charge is -2.18. The van der Waals surface area contributed by atoms with Gasteiger partial charge in [-0.15, -0.1) is 0 Å². The zero-order valence-electron chi connectivity index (χ0n) is 14.3. The van der Waals surface area contributed by atoms with Gasteiger partial charge in [-0.1, -0.05) is 24.8 Å². The minimum atomic E-state index is 0.548. The Bertz CT molecular complexity index is 831. The molecule has 3 aromatic heterocycles. The predicted molar refractivity (Wildman–Crippen MR) is 101 cm³/mol. The summed E-state index contributed by atoms with van der Waals surface area (Å²) in [4.78, 5) is 20.0. The first kappa shape index (κ1) is 16.5. The third kappa shape index (κ3) is 3.77. The summed E-state index contributed by atoms with van der Waals surface area (Å²) in [6.07, 6.45) is 7.35. The molecule has 0 spiro atoms. The zero-order valence-corrected chi connectivity index (χ0v) is 14.3. The molecule has 0 N–H and O–H groups in total. The van der Waals surface area contributed by atoms with Crippen LogP contribution in [0.25, 0.3) is 22.8 Å². The SMILES string of the molecule is C=C(/C=C\C)N(C)c1nc(-c2ccccn2)cc(-c2ccccn2)n1. The van der Waals surface area contributed by atoms with Crippen LogP contribution in [0.4, 0.5) is 5.95 Å². The molecule has 0 saturated carbocycles. The third-order valence-electron chi connectivity index (χ3n) is 3.66. The standard InChI is InChI=1S/C20H19N5/c1-4-9-15(2)25(3)20-23-18(16-10-5-7-12-21-16)14-19(24-20)17-11-6-8-13-22-17/h4-14H,2H2,1,3H3/b9-4-. The van der Waals surface area contributed by atoms with Crippen molar-refractivity contribution < 1.29 is 0 Å². The largest absolute Gasteiger partial charge is 0.314 e. The molecule has 5 nitrogen and oxygen atoms in total. The summed E-state index contributed by atoms with van der Waals surface area (Å²) in [7, 11) is 1.89. The van der Waals surface area contributed by atoms with Crippen molar-refractivity contribution in [2.75, 3.05) is 11.9 Å². The van der Waals surface area contributed by atoms with Crippen LogP contribution < -0.4 is 4.90 Å². The summed E-state index contributed by atoms with van der Waals surface area (Å²) in [5, 5.41) is 0. The van der Waals surface area contributed by atoms with Crippen molar-refractivity contribution in [1.82, 2.24) is 19.9 Å². The maximum absolute atomic E-state index is 4.66. The fourth-order valence-corrected chi connectivity index (χ4v) is 2.31. The number of hydrogen-bond donors (Lipinski definition) is 0. The second-order valence-electron chi connectivity index (χ2n) is 5.42. The Morgan fingerprint density at radius 3 is 1.92 bits per heavy atom. The summed E-state index contributed by atoms with van der Waals surface area (Å²) in [6, 6.07) is 13.4. The van der Waals surface area contributed by atoms with Gasteiger partial charge >= 0.3 is 0 Å². The van der Waals surface area contributed by atoms with E-state index in [1.54, 1.807) is 12.4 Å². The van der Waals surface area contributed by atoms with Crippen LogP contribution in [0.5, 0.6) is 0 Å². The first-order valence-electron chi connectivity index (χ1n) is 7.96. The molecule has 5 heteroatoms. The Balaban J connectivity index is 2.13. The summed E-state index contributed by atoms with van der Waals surface area (Å²) in [6.45, 7) is 6.00. The molecule has 3 aromatic rings. The number of nitrogens with zero attached hydrogens (tertiary/aromatic N) is 5. The molecule has 0 fully saturated rings. The average molecular weight is 329 g/mol. The lowest BCUT2D eigenvalue weighted by atomic mass is 10.2. The van der Waals surface area contributed by atoms with E-state index in [1.807, 2.05) is 73.5 Å². The van der Waals surface area contributed by atoms with E-state index < -0.39 is 0 Å². The molecule has 0 radical (unpaired) electrons. The zero-order chi connectivity index (χ0) is 17.6. The molecule has 25 heavy (non-hydrogen) atoms. The van der Waals surface area contributed by atoms with E-state index in [0.717, 1.165) is 28.5 Å². The van der Waals surface area contributed by atoms with Crippen LogP contribution in [-0.4, -0.2) is 27.0 Å². The molecule has 0 aliphatic rings. The van der Waals surface area contributed by atoms with Crippen LogP contribution in [0.3, 0.4) is 0 Å². The number of pyridine rings is 2. The normalized spacial score (nSPS) is 10.8. The minimum absolute atomic E-state index is 0.548. The van der Waals surface area contributed by atoms with Gasteiger partial charge in [0.05, 0.1) is 22.8 Å². The van der Waals surface area contributed by atoms with Crippen molar-refractivity contribution in [2.45, 2.75) is 6.92 Å². The van der Waals surface area contributed by atoms with Gasteiger partial charge in [0.1, 0.15) is 0 Å². The van der Waals surface area contributed by atoms with Gasteiger partial charge in [0.25, 0.3) is 0 Å². The van der Waals surface area contributed by atoms with Crippen LogP contribution >= 0.6 is 0 Å². The van der Waals surface area contributed by atoms with Gasteiger partial charge < -0.3 is 4.90 Å². The van der Waals surface area contributed by atoms with Gasteiger partial charge in [0, 0.05) is 25.1 Å². The Hall–Kier alpha value is -3.34. The van der Waals surface area contributed by atoms with Crippen LogP contribution in [0, 0.1) is 0 Å². The smallest absolute Gasteiger partial charge is 0.230 e. The lowest BCUT2D eigenvalue weighted by molar-refractivity contribution is 1.01. The van der Waals surface area contributed by atoms with Gasteiger partial charge in [-0.25, -0.2) is 9.97 Å². The third-order valence-corrected chi connectivity index (χ3v) is 3.66. The van der Waals surface area contributed by atoms with E-state index in [2.05, 4.69) is 26.5 Å². The van der Waals surface area contributed by atoms with Crippen molar-refractivity contribution in [3.05, 3.63) is 79.3 Å². The molecular formula is C20H19N5. The molecule has 0 aliphatic heterocycles. The molecule has 0 aromatic carbocycles. The Labute approximate surface area is 147 Å². The molecule has 0 unspecified atom stereocenters. The number of hydrogen-bond acceptors (Lipinski definition) is 5. The molecule has 3 heterocycles. The molecule has 0 atom stereocenters. The highest BCUT2D eigenvalue weighted by Crippen LogP contribution is 2.24. The summed E-state index contributed by atoms with van der Waals surface area (Å²) >= 11 is 0. The maximum Gasteiger partial charge on any atom is 0.230 e. The van der Waals surface area contributed by atoms with Gasteiger partial charge in [-0.05, 0) is 43.3 Å². The van der Waals surface area contributed by atoms with E-state index in [4.69, 9.17) is 0 Å². The number of anilines is 1. The summed E-state index contributed by atoms with van der Waals surface area (Å²) < 4.78 is 0. The Morgan fingerprint density at radius 1 is 0.920 bits per heavy atom. The topological polar surface area (TPSA) is 54.8 Å².